The Morgan fingerprint density at radius 2 is 2.29 bits per heavy atom. The van der Waals surface area contributed by atoms with Crippen molar-refractivity contribution in [1.82, 2.24) is 0 Å². The van der Waals surface area contributed by atoms with E-state index in [1.807, 2.05) is 13.0 Å². The van der Waals surface area contributed by atoms with E-state index in [-0.39, 0.29) is 17.2 Å². The second kappa shape index (κ2) is 7.11. The van der Waals surface area contributed by atoms with Crippen LogP contribution in [0, 0.1) is 11.3 Å². The zero-order chi connectivity index (χ0) is 11.0. The number of carbonyl (C=O) groups is 1. The molecule has 0 aliphatic heterocycles. The summed E-state index contributed by atoms with van der Waals surface area (Å²) in [7, 11) is 0. The monoisotopic (exact) mass is 209 g/mol. The van der Waals surface area contributed by atoms with E-state index in [4.69, 9.17) is 16.9 Å². The highest BCUT2D eigenvalue weighted by molar-refractivity contribution is 6.35. The summed E-state index contributed by atoms with van der Waals surface area (Å²) in [6, 6.07) is 1.78. The van der Waals surface area contributed by atoms with Crippen molar-refractivity contribution in [3.05, 3.63) is 35.4 Å². The van der Waals surface area contributed by atoms with Gasteiger partial charge in [-0.1, -0.05) is 43.3 Å². The third-order valence-electron chi connectivity index (χ3n) is 1.47. The van der Waals surface area contributed by atoms with Gasteiger partial charge in [0.1, 0.15) is 0 Å². The molecule has 0 N–H and O–H groups in total. The lowest BCUT2D eigenvalue weighted by Gasteiger charge is -1.98. The van der Waals surface area contributed by atoms with Crippen molar-refractivity contribution in [3.63, 3.8) is 0 Å². The Labute approximate surface area is 89.2 Å². The van der Waals surface area contributed by atoms with Crippen molar-refractivity contribution in [1.29, 1.82) is 5.26 Å². The third kappa shape index (κ3) is 4.64. The van der Waals surface area contributed by atoms with Crippen molar-refractivity contribution in [2.24, 2.45) is 0 Å². The minimum Gasteiger partial charge on any atom is -0.293 e. The molecule has 3 heteroatoms. The first-order valence-electron chi connectivity index (χ1n) is 4.25. The second-order valence-electron chi connectivity index (χ2n) is 2.58. The molecule has 74 valence electrons. The number of carbonyl (C=O) groups excluding carboxylic acids is 1. The lowest BCUT2D eigenvalue weighted by Crippen LogP contribution is -2.00. The molecular formula is C11H12ClNO. The van der Waals surface area contributed by atoms with Crippen molar-refractivity contribution in [2.75, 3.05) is 0 Å². The van der Waals surface area contributed by atoms with E-state index < -0.39 is 0 Å². The molecule has 0 fully saturated rings. The molecule has 0 aromatic heterocycles. The lowest BCUT2D eigenvalue weighted by molar-refractivity contribution is -0.114. The van der Waals surface area contributed by atoms with E-state index in [2.05, 4.69) is 6.58 Å². The molecule has 0 aliphatic carbocycles. The molecule has 14 heavy (non-hydrogen) atoms. The average molecular weight is 210 g/mol. The topological polar surface area (TPSA) is 40.9 Å². The van der Waals surface area contributed by atoms with E-state index in [0.717, 1.165) is 6.42 Å². The molecule has 0 atom stereocenters. The molecule has 0 aromatic rings. The highest BCUT2D eigenvalue weighted by Crippen LogP contribution is 2.14. The Hall–Kier alpha value is -1.33. The lowest BCUT2D eigenvalue weighted by atomic mass is 10.1. The van der Waals surface area contributed by atoms with E-state index >= 15 is 0 Å². The highest BCUT2D eigenvalue weighted by atomic mass is 35.5. The number of hydrogen-bond acceptors (Lipinski definition) is 2. The maximum absolute atomic E-state index is 11.3. The van der Waals surface area contributed by atoms with Crippen LogP contribution in [0.15, 0.2) is 35.4 Å². The number of halogens is 1. The SMILES string of the molecule is C=C(Cl)/C(=C\C=C/CC)C(=O)CC#N. The molecule has 0 bridgehead atoms. The van der Waals surface area contributed by atoms with Crippen LogP contribution in [0.3, 0.4) is 0 Å². The van der Waals surface area contributed by atoms with E-state index in [9.17, 15) is 4.79 Å². The Bertz CT molecular complexity index is 321. The van der Waals surface area contributed by atoms with E-state index in [1.54, 1.807) is 18.2 Å². The molecule has 0 aromatic carbocycles. The largest absolute Gasteiger partial charge is 0.293 e. The van der Waals surface area contributed by atoms with Gasteiger partial charge in [0.25, 0.3) is 0 Å². The predicted molar refractivity (Wildman–Crippen MR) is 57.7 cm³/mol. The summed E-state index contributed by atoms with van der Waals surface area (Å²) in [4.78, 5) is 11.3. The number of ketones is 1. The number of nitrogens with zero attached hydrogens (tertiary/aromatic N) is 1. The van der Waals surface area contributed by atoms with Gasteiger partial charge in [0.05, 0.1) is 12.5 Å². The minimum absolute atomic E-state index is 0.169. The fourth-order valence-corrected chi connectivity index (χ4v) is 0.970. The van der Waals surface area contributed by atoms with E-state index in [1.165, 1.54) is 0 Å². The molecule has 0 aliphatic rings. The standard InChI is InChI=1S/C11H12ClNO/c1-3-4-5-6-10(9(2)12)11(14)7-8-13/h4-6H,2-3,7H2,1H3/b5-4-,10-6+. The van der Waals surface area contributed by atoms with Crippen LogP contribution in [0.2, 0.25) is 0 Å². The smallest absolute Gasteiger partial charge is 0.178 e. The van der Waals surface area contributed by atoms with Crippen LogP contribution >= 0.6 is 11.6 Å². The van der Waals surface area contributed by atoms with Crippen LogP contribution in [-0.2, 0) is 4.79 Å². The average Bonchev–Trinajstić information content (AvgIpc) is 2.12. The van der Waals surface area contributed by atoms with Crippen LogP contribution in [0.25, 0.3) is 0 Å². The predicted octanol–water partition coefficient (Wildman–Crippen LogP) is 3.11. The zero-order valence-electron chi connectivity index (χ0n) is 8.09. The van der Waals surface area contributed by atoms with Gasteiger partial charge in [-0.15, -0.1) is 0 Å². The van der Waals surface area contributed by atoms with Gasteiger partial charge in [-0.3, -0.25) is 4.79 Å². The number of Topliss-reactive ketones (excluding diaryl/α,β-unsaturated/α-hetero) is 1. The quantitative estimate of drug-likeness (QED) is 0.516. The fraction of sp³-hybridized carbons (Fsp3) is 0.273. The van der Waals surface area contributed by atoms with Gasteiger partial charge in [-0.05, 0) is 6.42 Å². The number of allylic oxidation sites excluding steroid dienone is 5. The molecule has 0 rings (SSSR count). The van der Waals surface area contributed by atoms with Crippen molar-refractivity contribution in [3.8, 4) is 6.07 Å². The third-order valence-corrected chi connectivity index (χ3v) is 1.67. The molecule has 0 heterocycles. The highest BCUT2D eigenvalue weighted by Gasteiger charge is 2.09. The van der Waals surface area contributed by atoms with Gasteiger partial charge in [0, 0.05) is 10.6 Å². The van der Waals surface area contributed by atoms with Gasteiger partial charge in [-0.25, -0.2) is 0 Å². The summed E-state index contributed by atoms with van der Waals surface area (Å²) in [5.41, 5.74) is 0.304. The van der Waals surface area contributed by atoms with Gasteiger partial charge in [-0.2, -0.15) is 5.26 Å². The van der Waals surface area contributed by atoms with Crippen LogP contribution in [0.5, 0.6) is 0 Å². The summed E-state index contributed by atoms with van der Waals surface area (Å²) in [5, 5.41) is 8.52. The van der Waals surface area contributed by atoms with Crippen LogP contribution in [0.4, 0.5) is 0 Å². The van der Waals surface area contributed by atoms with E-state index in [0.29, 0.717) is 5.57 Å². The van der Waals surface area contributed by atoms with Crippen molar-refractivity contribution < 1.29 is 4.79 Å². The first kappa shape index (κ1) is 12.7. The summed E-state index contributed by atoms with van der Waals surface area (Å²) < 4.78 is 0. The second-order valence-corrected chi connectivity index (χ2v) is 3.04. The molecule has 0 radical (unpaired) electrons. The summed E-state index contributed by atoms with van der Waals surface area (Å²) in [6.45, 7) is 5.45. The summed E-state index contributed by atoms with van der Waals surface area (Å²) in [5.74, 6) is -0.298. The minimum atomic E-state index is -0.298. The maximum Gasteiger partial charge on any atom is 0.178 e. The summed E-state index contributed by atoms with van der Waals surface area (Å²) in [6.07, 6.45) is 5.92. The Balaban J connectivity index is 4.69. The molecular weight excluding hydrogens is 198 g/mol. The normalized spacial score (nSPS) is 11.4. The molecule has 0 amide bonds. The first-order chi connectivity index (χ1) is 6.63. The Morgan fingerprint density at radius 3 is 2.71 bits per heavy atom. The molecule has 2 nitrogen and oxygen atoms in total. The van der Waals surface area contributed by atoms with Gasteiger partial charge in [0.2, 0.25) is 0 Å². The maximum atomic E-state index is 11.3. The Morgan fingerprint density at radius 1 is 1.64 bits per heavy atom. The first-order valence-corrected chi connectivity index (χ1v) is 4.63. The fourth-order valence-electron chi connectivity index (χ4n) is 0.802. The molecule has 0 spiro atoms. The van der Waals surface area contributed by atoms with Crippen LogP contribution < -0.4 is 0 Å². The molecule has 0 unspecified atom stereocenters. The number of rotatable bonds is 5. The van der Waals surface area contributed by atoms with Crippen molar-refractivity contribution >= 4 is 17.4 Å². The zero-order valence-corrected chi connectivity index (χ0v) is 8.84. The van der Waals surface area contributed by atoms with Gasteiger partial charge < -0.3 is 0 Å². The van der Waals surface area contributed by atoms with Crippen LogP contribution in [0.1, 0.15) is 19.8 Å². The van der Waals surface area contributed by atoms with Gasteiger partial charge >= 0.3 is 0 Å². The van der Waals surface area contributed by atoms with Crippen LogP contribution in [-0.4, -0.2) is 5.78 Å². The van der Waals surface area contributed by atoms with Gasteiger partial charge in [0.15, 0.2) is 5.78 Å². The number of hydrogen-bond donors (Lipinski definition) is 0. The number of nitriles is 1. The summed E-state index contributed by atoms with van der Waals surface area (Å²) >= 11 is 5.63. The van der Waals surface area contributed by atoms with Crippen molar-refractivity contribution in [2.45, 2.75) is 19.8 Å². The molecule has 0 saturated carbocycles. The molecule has 0 saturated heterocycles. The Kier molecular flexibility index (Phi) is 6.43.